The van der Waals surface area contributed by atoms with Crippen LogP contribution in [0.1, 0.15) is 84.0 Å². The molecule has 0 amide bonds. The van der Waals surface area contributed by atoms with Gasteiger partial charge in [-0.1, -0.05) is 77.6 Å². The summed E-state index contributed by atoms with van der Waals surface area (Å²) in [6.07, 6.45) is 16.3. The first-order valence-corrected chi connectivity index (χ1v) is 9.00. The lowest BCUT2D eigenvalue weighted by Gasteiger charge is -2.02. The Bertz CT molecular complexity index is 195. The SMILES string of the molecule is CCCCCCCCCCCCCCSC(=O)OC. The van der Waals surface area contributed by atoms with Crippen molar-refractivity contribution in [1.82, 2.24) is 0 Å². The van der Waals surface area contributed by atoms with Crippen LogP contribution in [-0.2, 0) is 4.74 Å². The van der Waals surface area contributed by atoms with Crippen molar-refractivity contribution < 1.29 is 9.53 Å². The van der Waals surface area contributed by atoms with Crippen LogP contribution in [-0.4, -0.2) is 18.2 Å². The maximum atomic E-state index is 10.9. The van der Waals surface area contributed by atoms with Gasteiger partial charge in [-0.15, -0.1) is 0 Å². The average molecular weight is 288 g/mol. The monoisotopic (exact) mass is 288 g/mol. The van der Waals surface area contributed by atoms with Crippen LogP contribution < -0.4 is 0 Å². The summed E-state index contributed by atoms with van der Waals surface area (Å²) in [6.45, 7) is 2.27. The van der Waals surface area contributed by atoms with Gasteiger partial charge in [0.05, 0.1) is 7.11 Å². The van der Waals surface area contributed by atoms with E-state index in [1.165, 1.54) is 89.5 Å². The van der Waals surface area contributed by atoms with Crippen LogP contribution in [0.3, 0.4) is 0 Å². The van der Waals surface area contributed by atoms with Gasteiger partial charge in [0.2, 0.25) is 0 Å². The van der Waals surface area contributed by atoms with Crippen LogP contribution in [0.25, 0.3) is 0 Å². The number of unbranched alkanes of at least 4 members (excludes halogenated alkanes) is 11. The van der Waals surface area contributed by atoms with Crippen LogP contribution in [0.15, 0.2) is 0 Å². The lowest BCUT2D eigenvalue weighted by molar-refractivity contribution is 0.200. The number of hydrogen-bond donors (Lipinski definition) is 0. The largest absolute Gasteiger partial charge is 0.461 e. The summed E-state index contributed by atoms with van der Waals surface area (Å²) in [7, 11) is 1.44. The highest BCUT2D eigenvalue weighted by Gasteiger charge is 1.99. The Balaban J connectivity index is 2.97. The summed E-state index contributed by atoms with van der Waals surface area (Å²) in [4.78, 5) is 10.9. The molecule has 0 heterocycles. The van der Waals surface area contributed by atoms with Gasteiger partial charge in [-0.3, -0.25) is 0 Å². The lowest BCUT2D eigenvalue weighted by Crippen LogP contribution is -1.92. The molecule has 0 N–H and O–H groups in total. The molecule has 0 aliphatic rings. The number of methoxy groups -OCH3 is 1. The molecule has 0 saturated carbocycles. The van der Waals surface area contributed by atoms with E-state index in [1.807, 2.05) is 0 Å². The van der Waals surface area contributed by atoms with Gasteiger partial charge in [-0.25, -0.2) is 4.79 Å². The molecule has 0 atom stereocenters. The third kappa shape index (κ3) is 15.8. The quantitative estimate of drug-likeness (QED) is 0.299. The zero-order valence-corrected chi connectivity index (χ0v) is 13.7. The Morgan fingerprint density at radius 1 is 0.789 bits per heavy atom. The second-order valence-corrected chi connectivity index (χ2v) is 6.22. The van der Waals surface area contributed by atoms with Crippen molar-refractivity contribution in [3.63, 3.8) is 0 Å². The molecule has 0 aromatic carbocycles. The van der Waals surface area contributed by atoms with Crippen molar-refractivity contribution >= 4 is 17.1 Å². The van der Waals surface area contributed by atoms with Crippen LogP contribution in [0.2, 0.25) is 0 Å². The smallest absolute Gasteiger partial charge is 0.367 e. The molecule has 0 spiro atoms. The Morgan fingerprint density at radius 3 is 1.63 bits per heavy atom. The van der Waals surface area contributed by atoms with Gasteiger partial charge in [0.1, 0.15) is 0 Å². The summed E-state index contributed by atoms with van der Waals surface area (Å²) in [5.74, 6) is 0.907. The normalized spacial score (nSPS) is 10.6. The summed E-state index contributed by atoms with van der Waals surface area (Å²) < 4.78 is 4.58. The van der Waals surface area contributed by atoms with E-state index in [0.717, 1.165) is 12.2 Å². The first-order valence-electron chi connectivity index (χ1n) is 8.02. The van der Waals surface area contributed by atoms with Crippen LogP contribution in [0.5, 0.6) is 0 Å². The highest BCUT2D eigenvalue weighted by Crippen LogP contribution is 2.13. The fourth-order valence-corrected chi connectivity index (χ4v) is 2.79. The minimum absolute atomic E-state index is 0.150. The summed E-state index contributed by atoms with van der Waals surface area (Å²) in [6, 6.07) is 0. The Labute approximate surface area is 124 Å². The van der Waals surface area contributed by atoms with E-state index in [9.17, 15) is 4.79 Å². The molecule has 114 valence electrons. The van der Waals surface area contributed by atoms with Gasteiger partial charge in [0.15, 0.2) is 0 Å². The predicted octanol–water partition coefficient (Wildman–Crippen LogP) is 6.19. The van der Waals surface area contributed by atoms with Crippen molar-refractivity contribution in [3.8, 4) is 0 Å². The number of rotatable bonds is 13. The van der Waals surface area contributed by atoms with Crippen molar-refractivity contribution in [3.05, 3.63) is 0 Å². The van der Waals surface area contributed by atoms with Gasteiger partial charge in [0.25, 0.3) is 0 Å². The van der Waals surface area contributed by atoms with E-state index in [1.54, 1.807) is 0 Å². The molecule has 0 unspecified atom stereocenters. The lowest BCUT2D eigenvalue weighted by atomic mass is 10.1. The van der Waals surface area contributed by atoms with Gasteiger partial charge in [-0.2, -0.15) is 0 Å². The summed E-state index contributed by atoms with van der Waals surface area (Å²) >= 11 is 1.30. The topological polar surface area (TPSA) is 26.3 Å². The molecule has 19 heavy (non-hydrogen) atoms. The molecule has 0 saturated heterocycles. The Kier molecular flexibility index (Phi) is 15.7. The molecular formula is C16H32O2S. The van der Waals surface area contributed by atoms with Gasteiger partial charge in [0, 0.05) is 5.75 Å². The number of ether oxygens (including phenoxy) is 1. The zero-order chi connectivity index (χ0) is 14.2. The van der Waals surface area contributed by atoms with Crippen LogP contribution >= 0.6 is 11.8 Å². The molecule has 0 bridgehead atoms. The second-order valence-electron chi connectivity index (χ2n) is 5.19. The molecule has 0 aliphatic heterocycles. The van der Waals surface area contributed by atoms with Crippen LogP contribution in [0.4, 0.5) is 4.79 Å². The fourth-order valence-electron chi connectivity index (χ4n) is 2.16. The minimum Gasteiger partial charge on any atom is -0.461 e. The molecule has 2 nitrogen and oxygen atoms in total. The van der Waals surface area contributed by atoms with Crippen LogP contribution in [0, 0.1) is 0 Å². The van der Waals surface area contributed by atoms with Gasteiger partial charge in [-0.05, 0) is 18.2 Å². The standard InChI is InChI=1S/C16H32O2S/c1-3-4-5-6-7-8-9-10-11-12-13-14-15-19-16(17)18-2/h3-15H2,1-2H3. The van der Waals surface area contributed by atoms with E-state index in [-0.39, 0.29) is 5.30 Å². The number of hydrogen-bond acceptors (Lipinski definition) is 3. The number of carbonyl (C=O) groups is 1. The number of carbonyl (C=O) groups excluding carboxylic acids is 1. The molecule has 0 aliphatic carbocycles. The maximum absolute atomic E-state index is 10.9. The van der Waals surface area contributed by atoms with E-state index in [0.29, 0.717) is 0 Å². The van der Waals surface area contributed by atoms with E-state index >= 15 is 0 Å². The van der Waals surface area contributed by atoms with E-state index < -0.39 is 0 Å². The first-order chi connectivity index (χ1) is 9.31. The molecular weight excluding hydrogens is 256 g/mol. The fraction of sp³-hybridized carbons (Fsp3) is 0.938. The van der Waals surface area contributed by atoms with Crippen molar-refractivity contribution in [2.24, 2.45) is 0 Å². The first kappa shape index (κ1) is 18.8. The third-order valence-corrected chi connectivity index (χ3v) is 4.28. The third-order valence-electron chi connectivity index (χ3n) is 3.38. The molecule has 0 aromatic rings. The van der Waals surface area contributed by atoms with Gasteiger partial charge >= 0.3 is 5.30 Å². The van der Waals surface area contributed by atoms with Gasteiger partial charge < -0.3 is 4.74 Å². The maximum Gasteiger partial charge on any atom is 0.367 e. The van der Waals surface area contributed by atoms with E-state index in [2.05, 4.69) is 11.7 Å². The molecule has 0 radical (unpaired) electrons. The molecule has 0 aromatic heterocycles. The van der Waals surface area contributed by atoms with Crippen molar-refractivity contribution in [2.75, 3.05) is 12.9 Å². The molecule has 0 fully saturated rings. The van der Waals surface area contributed by atoms with Crippen molar-refractivity contribution in [1.29, 1.82) is 0 Å². The van der Waals surface area contributed by atoms with E-state index in [4.69, 9.17) is 0 Å². The highest BCUT2D eigenvalue weighted by molar-refractivity contribution is 8.13. The molecule has 3 heteroatoms. The average Bonchev–Trinajstić information content (AvgIpc) is 2.43. The molecule has 0 rings (SSSR count). The second kappa shape index (κ2) is 15.9. The minimum atomic E-state index is -0.150. The highest BCUT2D eigenvalue weighted by atomic mass is 32.2. The summed E-state index contributed by atoms with van der Waals surface area (Å²) in [5, 5.41) is -0.150. The Morgan fingerprint density at radius 2 is 1.21 bits per heavy atom. The zero-order valence-electron chi connectivity index (χ0n) is 12.9. The van der Waals surface area contributed by atoms with Crippen molar-refractivity contribution in [2.45, 2.75) is 84.0 Å². The number of thioether (sulfide) groups is 1. The Hall–Kier alpha value is -0.180. The summed E-state index contributed by atoms with van der Waals surface area (Å²) in [5.41, 5.74) is 0. The predicted molar refractivity (Wildman–Crippen MR) is 85.9 cm³/mol.